The summed E-state index contributed by atoms with van der Waals surface area (Å²) in [6, 6.07) is 0. The Balaban J connectivity index is 0.00000441. The molecule has 0 bridgehead atoms. The molecule has 0 aromatic carbocycles. The average Bonchev–Trinajstić information content (AvgIpc) is 2.24. The van der Waals surface area contributed by atoms with Crippen LogP contribution in [0.3, 0.4) is 0 Å². The van der Waals surface area contributed by atoms with Gasteiger partial charge in [-0.05, 0) is 25.5 Å². The van der Waals surface area contributed by atoms with E-state index < -0.39 is 20.8 Å². The zero-order chi connectivity index (χ0) is 16.3. The standard InChI is InChI=1S/C15H24O5S.Na/c1-5-6-7-8-13(16)20-12-9-11(2)14(21(17,18)19)15(3,4)10-12;/h9-10,14H,5-8H2,1-4H3,(H,17,18,19);/q;+1/p-1. The van der Waals surface area contributed by atoms with E-state index in [1.807, 2.05) is 6.92 Å². The Kier molecular flexibility index (Phi) is 8.58. The van der Waals surface area contributed by atoms with Crippen molar-refractivity contribution in [3.63, 3.8) is 0 Å². The predicted octanol–water partition coefficient (Wildman–Crippen LogP) is -0.102. The molecule has 0 heterocycles. The van der Waals surface area contributed by atoms with E-state index in [0.717, 1.165) is 19.3 Å². The fourth-order valence-electron chi connectivity index (χ4n) is 2.73. The zero-order valence-electron chi connectivity index (χ0n) is 14.0. The average molecular weight is 338 g/mol. The molecular weight excluding hydrogens is 315 g/mol. The molecule has 0 fully saturated rings. The molecule has 1 atom stereocenters. The van der Waals surface area contributed by atoms with Crippen molar-refractivity contribution < 1.29 is 52.1 Å². The zero-order valence-corrected chi connectivity index (χ0v) is 16.8. The van der Waals surface area contributed by atoms with Crippen LogP contribution >= 0.6 is 0 Å². The first-order valence-corrected chi connectivity index (χ1v) is 8.61. The summed E-state index contributed by atoms with van der Waals surface area (Å²) in [7, 11) is -4.46. The maximum absolute atomic E-state index is 11.7. The van der Waals surface area contributed by atoms with Crippen LogP contribution in [0.25, 0.3) is 0 Å². The van der Waals surface area contributed by atoms with Crippen LogP contribution in [-0.2, 0) is 19.6 Å². The molecule has 0 amide bonds. The first-order chi connectivity index (χ1) is 9.58. The van der Waals surface area contributed by atoms with Gasteiger partial charge in [-0.3, -0.25) is 4.79 Å². The normalized spacial score (nSPS) is 20.5. The van der Waals surface area contributed by atoms with E-state index in [4.69, 9.17) is 4.74 Å². The van der Waals surface area contributed by atoms with E-state index in [9.17, 15) is 17.8 Å². The third-order valence-electron chi connectivity index (χ3n) is 3.48. The maximum Gasteiger partial charge on any atom is 1.00 e. The molecule has 1 unspecified atom stereocenters. The monoisotopic (exact) mass is 338 g/mol. The first kappa shape index (κ1) is 21.9. The molecule has 0 spiro atoms. The Hall–Kier alpha value is -0.140. The Labute approximate surface area is 155 Å². The second kappa shape index (κ2) is 8.64. The third kappa shape index (κ3) is 6.16. The van der Waals surface area contributed by atoms with Gasteiger partial charge in [0.05, 0.1) is 5.25 Å². The van der Waals surface area contributed by atoms with Gasteiger partial charge in [0.1, 0.15) is 15.9 Å². The number of rotatable bonds is 6. The number of carbonyl (C=O) groups is 1. The second-order valence-corrected chi connectivity index (χ2v) is 7.52. The van der Waals surface area contributed by atoms with Crippen LogP contribution in [0.15, 0.2) is 23.5 Å². The minimum absolute atomic E-state index is 0. The number of carbonyl (C=O) groups excluding carboxylic acids is 1. The third-order valence-corrected chi connectivity index (χ3v) is 5.03. The van der Waals surface area contributed by atoms with E-state index in [2.05, 4.69) is 0 Å². The van der Waals surface area contributed by atoms with Gasteiger partial charge in [0.2, 0.25) is 0 Å². The van der Waals surface area contributed by atoms with Gasteiger partial charge in [-0.25, -0.2) is 8.42 Å². The second-order valence-electron chi connectivity index (χ2n) is 6.06. The Morgan fingerprint density at radius 1 is 1.36 bits per heavy atom. The van der Waals surface area contributed by atoms with Crippen LogP contribution in [0.4, 0.5) is 0 Å². The van der Waals surface area contributed by atoms with Crippen molar-refractivity contribution in [3.8, 4) is 0 Å². The molecule has 0 aliphatic heterocycles. The minimum Gasteiger partial charge on any atom is -0.747 e. The molecule has 1 rings (SSSR count). The van der Waals surface area contributed by atoms with E-state index in [1.54, 1.807) is 20.8 Å². The molecule has 5 nitrogen and oxygen atoms in total. The van der Waals surface area contributed by atoms with Gasteiger partial charge in [0.15, 0.2) is 0 Å². The van der Waals surface area contributed by atoms with Crippen LogP contribution < -0.4 is 29.6 Å². The van der Waals surface area contributed by atoms with Crippen molar-refractivity contribution in [2.24, 2.45) is 5.41 Å². The molecule has 0 saturated heterocycles. The summed E-state index contributed by atoms with van der Waals surface area (Å²) in [6.45, 7) is 6.91. The van der Waals surface area contributed by atoms with Crippen LogP contribution in [-0.4, -0.2) is 24.2 Å². The quantitative estimate of drug-likeness (QED) is 0.292. The molecule has 0 radical (unpaired) electrons. The molecule has 1 aliphatic rings. The molecule has 0 aromatic rings. The number of esters is 1. The summed E-state index contributed by atoms with van der Waals surface area (Å²) >= 11 is 0. The summed E-state index contributed by atoms with van der Waals surface area (Å²) in [6.07, 6.45) is 6.09. The molecule has 22 heavy (non-hydrogen) atoms. The van der Waals surface area contributed by atoms with Crippen molar-refractivity contribution in [1.29, 1.82) is 0 Å². The van der Waals surface area contributed by atoms with Gasteiger partial charge in [0.25, 0.3) is 0 Å². The van der Waals surface area contributed by atoms with Gasteiger partial charge in [-0.1, -0.05) is 39.2 Å². The van der Waals surface area contributed by atoms with Gasteiger partial charge in [-0.15, -0.1) is 0 Å². The van der Waals surface area contributed by atoms with Crippen LogP contribution in [0, 0.1) is 5.41 Å². The summed E-state index contributed by atoms with van der Waals surface area (Å²) in [5, 5.41) is -1.13. The summed E-state index contributed by atoms with van der Waals surface area (Å²) < 4.78 is 39.4. The van der Waals surface area contributed by atoms with Crippen LogP contribution in [0.2, 0.25) is 0 Å². The SMILES string of the molecule is CCCCCC(=O)OC1=CC(C)(C)C(S(=O)(=O)[O-])C(C)=C1.[Na+]. The minimum atomic E-state index is -4.46. The summed E-state index contributed by atoms with van der Waals surface area (Å²) in [5.74, 6) is -0.0168. The Bertz CT molecular complexity index is 560. The van der Waals surface area contributed by atoms with Crippen molar-refractivity contribution in [2.45, 2.75) is 58.6 Å². The molecule has 1 aliphatic carbocycles. The Morgan fingerprint density at radius 2 is 1.95 bits per heavy atom. The van der Waals surface area contributed by atoms with Crippen molar-refractivity contribution >= 4 is 16.1 Å². The van der Waals surface area contributed by atoms with E-state index in [1.165, 1.54) is 12.2 Å². The van der Waals surface area contributed by atoms with Crippen LogP contribution in [0.1, 0.15) is 53.4 Å². The van der Waals surface area contributed by atoms with E-state index in [0.29, 0.717) is 17.8 Å². The van der Waals surface area contributed by atoms with Crippen molar-refractivity contribution in [2.75, 3.05) is 0 Å². The Morgan fingerprint density at radius 3 is 2.41 bits per heavy atom. The van der Waals surface area contributed by atoms with Crippen molar-refractivity contribution in [3.05, 3.63) is 23.5 Å². The molecular formula is C15H23NaO5S. The van der Waals surface area contributed by atoms with Crippen molar-refractivity contribution in [1.82, 2.24) is 0 Å². The molecule has 0 aromatic heterocycles. The number of hydrogen-bond acceptors (Lipinski definition) is 5. The fourth-order valence-corrected chi connectivity index (χ4v) is 4.07. The molecule has 0 saturated carbocycles. The number of hydrogen-bond donors (Lipinski definition) is 0. The largest absolute Gasteiger partial charge is 1.00 e. The molecule has 0 N–H and O–H groups in total. The van der Waals surface area contributed by atoms with Gasteiger partial charge < -0.3 is 9.29 Å². The predicted molar refractivity (Wildman–Crippen MR) is 79.3 cm³/mol. The van der Waals surface area contributed by atoms with Gasteiger partial charge >= 0.3 is 35.5 Å². The number of ether oxygens (including phenoxy) is 1. The first-order valence-electron chi connectivity index (χ1n) is 7.14. The summed E-state index contributed by atoms with van der Waals surface area (Å²) in [5.41, 5.74) is -0.507. The number of unbranched alkanes of at least 4 members (excludes halogenated alkanes) is 2. The topological polar surface area (TPSA) is 83.5 Å². The summed E-state index contributed by atoms with van der Waals surface area (Å²) in [4.78, 5) is 11.7. The van der Waals surface area contributed by atoms with E-state index >= 15 is 0 Å². The van der Waals surface area contributed by atoms with Crippen LogP contribution in [0.5, 0.6) is 0 Å². The maximum atomic E-state index is 11.7. The van der Waals surface area contributed by atoms with Gasteiger partial charge in [-0.2, -0.15) is 0 Å². The fraction of sp³-hybridized carbons (Fsp3) is 0.667. The molecule has 120 valence electrons. The van der Waals surface area contributed by atoms with E-state index in [-0.39, 0.29) is 35.5 Å². The smallest absolute Gasteiger partial charge is 0.747 e. The number of allylic oxidation sites excluding steroid dienone is 2. The molecule has 7 heteroatoms. The van der Waals surface area contributed by atoms with Gasteiger partial charge in [0, 0.05) is 11.8 Å².